The Morgan fingerprint density at radius 2 is 2.24 bits per heavy atom. The summed E-state index contributed by atoms with van der Waals surface area (Å²) in [4.78, 5) is 13.9. The predicted octanol–water partition coefficient (Wildman–Crippen LogP) is 3.83. The molecule has 0 radical (unpaired) electrons. The summed E-state index contributed by atoms with van der Waals surface area (Å²) in [6.45, 7) is 3.06. The predicted molar refractivity (Wildman–Crippen MR) is 73.4 cm³/mol. The molecule has 92 valence electrons. The van der Waals surface area contributed by atoms with Crippen LogP contribution in [0.25, 0.3) is 0 Å². The van der Waals surface area contributed by atoms with E-state index < -0.39 is 0 Å². The first-order valence-electron chi connectivity index (χ1n) is 5.69. The van der Waals surface area contributed by atoms with E-state index >= 15 is 0 Å². The summed E-state index contributed by atoms with van der Waals surface area (Å²) in [6, 6.07) is 5.31. The fourth-order valence-corrected chi connectivity index (χ4v) is 2.36. The minimum Gasteiger partial charge on any atom is -0.341 e. The first-order chi connectivity index (χ1) is 7.99. The van der Waals surface area contributed by atoms with Crippen molar-refractivity contribution in [2.24, 2.45) is 11.8 Å². The molecular weight excluding hydrogens is 302 g/mol. The average molecular weight is 317 g/mol. The van der Waals surface area contributed by atoms with Crippen LogP contribution in [0.3, 0.4) is 0 Å². The Kier molecular flexibility index (Phi) is 3.79. The molecule has 17 heavy (non-hydrogen) atoms. The molecule has 1 amide bonds. The smallest absolute Gasteiger partial charge is 0.253 e. The van der Waals surface area contributed by atoms with E-state index in [2.05, 4.69) is 22.9 Å². The van der Waals surface area contributed by atoms with Gasteiger partial charge in [-0.05, 0) is 52.4 Å². The van der Waals surface area contributed by atoms with Crippen molar-refractivity contribution in [3.05, 3.63) is 33.3 Å². The average Bonchev–Trinajstić information content (AvgIpc) is 2.97. The van der Waals surface area contributed by atoms with Gasteiger partial charge < -0.3 is 4.90 Å². The van der Waals surface area contributed by atoms with E-state index in [1.54, 1.807) is 17.0 Å². The van der Waals surface area contributed by atoms with E-state index in [9.17, 15) is 4.79 Å². The largest absolute Gasteiger partial charge is 0.341 e. The zero-order valence-corrected chi connectivity index (χ0v) is 12.3. The van der Waals surface area contributed by atoms with E-state index in [0.29, 0.717) is 16.5 Å². The molecule has 4 heteroatoms. The fourth-order valence-electron chi connectivity index (χ4n) is 1.94. The molecule has 0 aromatic heterocycles. The summed E-state index contributed by atoms with van der Waals surface area (Å²) in [6.07, 6.45) is 1.23. The molecule has 0 heterocycles. The van der Waals surface area contributed by atoms with Crippen LogP contribution in [0.5, 0.6) is 0 Å². The second kappa shape index (κ2) is 4.99. The van der Waals surface area contributed by atoms with Gasteiger partial charge in [-0.1, -0.05) is 18.5 Å². The molecule has 1 fully saturated rings. The van der Waals surface area contributed by atoms with Gasteiger partial charge in [0.05, 0.1) is 5.02 Å². The Morgan fingerprint density at radius 3 is 2.76 bits per heavy atom. The van der Waals surface area contributed by atoms with Gasteiger partial charge in [0.15, 0.2) is 0 Å². The molecule has 2 unspecified atom stereocenters. The number of hydrogen-bond acceptors (Lipinski definition) is 1. The second-order valence-corrected chi connectivity index (χ2v) is 6.05. The molecule has 1 aromatic carbocycles. The minimum absolute atomic E-state index is 0.0403. The van der Waals surface area contributed by atoms with E-state index in [0.717, 1.165) is 16.9 Å². The van der Waals surface area contributed by atoms with Gasteiger partial charge in [-0.2, -0.15) is 0 Å². The van der Waals surface area contributed by atoms with Crippen molar-refractivity contribution in [3.8, 4) is 0 Å². The summed E-state index contributed by atoms with van der Waals surface area (Å²) in [5, 5.41) is 0.573. The third-order valence-corrected chi connectivity index (χ3v) is 4.53. The molecule has 1 saturated carbocycles. The van der Waals surface area contributed by atoms with Gasteiger partial charge in [0.25, 0.3) is 5.91 Å². The second-order valence-electron chi connectivity index (χ2n) is 4.79. The van der Waals surface area contributed by atoms with E-state index in [1.807, 2.05) is 13.1 Å². The zero-order valence-electron chi connectivity index (χ0n) is 9.91. The molecule has 1 aliphatic rings. The lowest BCUT2D eigenvalue weighted by atomic mass is 10.2. The van der Waals surface area contributed by atoms with Gasteiger partial charge in [0.1, 0.15) is 0 Å². The van der Waals surface area contributed by atoms with Crippen molar-refractivity contribution in [2.45, 2.75) is 13.3 Å². The Balaban J connectivity index is 2.05. The first-order valence-corrected chi connectivity index (χ1v) is 6.86. The monoisotopic (exact) mass is 315 g/mol. The highest BCUT2D eigenvalue weighted by Crippen LogP contribution is 2.38. The lowest BCUT2D eigenvalue weighted by Crippen LogP contribution is -2.29. The number of halogens is 2. The van der Waals surface area contributed by atoms with Crippen molar-refractivity contribution in [1.82, 2.24) is 4.90 Å². The van der Waals surface area contributed by atoms with Crippen molar-refractivity contribution in [2.75, 3.05) is 13.6 Å². The Hall–Kier alpha value is -0.540. The molecule has 0 bridgehead atoms. The van der Waals surface area contributed by atoms with Crippen LogP contribution in [-0.2, 0) is 0 Å². The molecule has 1 aliphatic carbocycles. The third-order valence-electron chi connectivity index (χ3n) is 3.30. The fraction of sp³-hybridized carbons (Fsp3) is 0.462. The maximum atomic E-state index is 12.1. The highest BCUT2D eigenvalue weighted by molar-refractivity contribution is 9.10. The van der Waals surface area contributed by atoms with E-state index in [4.69, 9.17) is 11.6 Å². The summed E-state index contributed by atoms with van der Waals surface area (Å²) in [7, 11) is 1.85. The maximum absolute atomic E-state index is 12.1. The molecule has 0 aliphatic heterocycles. The van der Waals surface area contributed by atoms with Gasteiger partial charge in [-0.3, -0.25) is 4.79 Å². The molecule has 2 nitrogen and oxygen atoms in total. The molecule has 0 saturated heterocycles. The van der Waals surface area contributed by atoms with Crippen LogP contribution in [0.15, 0.2) is 22.7 Å². The van der Waals surface area contributed by atoms with E-state index in [-0.39, 0.29) is 5.91 Å². The van der Waals surface area contributed by atoms with Crippen LogP contribution >= 0.6 is 27.5 Å². The summed E-state index contributed by atoms with van der Waals surface area (Å²) in [5.74, 6) is 1.48. The van der Waals surface area contributed by atoms with Crippen LogP contribution in [0.4, 0.5) is 0 Å². The number of carbonyl (C=O) groups is 1. The minimum atomic E-state index is 0.0403. The SMILES string of the molecule is CC1CC1CN(C)C(=O)c1ccc(Br)c(Cl)c1. The first kappa shape index (κ1) is 12.9. The zero-order chi connectivity index (χ0) is 12.6. The van der Waals surface area contributed by atoms with Crippen LogP contribution in [-0.4, -0.2) is 24.4 Å². The molecule has 2 rings (SSSR count). The number of carbonyl (C=O) groups excluding carboxylic acids is 1. The van der Waals surface area contributed by atoms with Crippen LogP contribution in [0.2, 0.25) is 5.02 Å². The van der Waals surface area contributed by atoms with Crippen LogP contribution < -0.4 is 0 Å². The number of benzene rings is 1. The lowest BCUT2D eigenvalue weighted by molar-refractivity contribution is 0.0787. The van der Waals surface area contributed by atoms with Gasteiger partial charge in [-0.15, -0.1) is 0 Å². The van der Waals surface area contributed by atoms with Gasteiger partial charge in [-0.25, -0.2) is 0 Å². The number of amides is 1. The summed E-state index contributed by atoms with van der Waals surface area (Å²) < 4.78 is 0.814. The van der Waals surface area contributed by atoms with Crippen LogP contribution in [0.1, 0.15) is 23.7 Å². The van der Waals surface area contributed by atoms with E-state index in [1.165, 1.54) is 6.42 Å². The molecule has 0 spiro atoms. The molecule has 2 atom stereocenters. The molecule has 1 aromatic rings. The lowest BCUT2D eigenvalue weighted by Gasteiger charge is -2.17. The number of rotatable bonds is 3. The maximum Gasteiger partial charge on any atom is 0.253 e. The van der Waals surface area contributed by atoms with Crippen molar-refractivity contribution in [1.29, 1.82) is 0 Å². The Morgan fingerprint density at radius 1 is 1.59 bits per heavy atom. The van der Waals surface area contributed by atoms with Crippen molar-refractivity contribution >= 4 is 33.4 Å². The molecular formula is C13H15BrClNO. The highest BCUT2D eigenvalue weighted by Gasteiger charge is 2.34. The number of hydrogen-bond donors (Lipinski definition) is 0. The summed E-state index contributed by atoms with van der Waals surface area (Å²) in [5.41, 5.74) is 0.647. The van der Waals surface area contributed by atoms with Gasteiger partial charge in [0.2, 0.25) is 0 Å². The van der Waals surface area contributed by atoms with Crippen molar-refractivity contribution < 1.29 is 4.79 Å². The van der Waals surface area contributed by atoms with Gasteiger partial charge >= 0.3 is 0 Å². The Bertz CT molecular complexity index is 449. The third kappa shape index (κ3) is 3.02. The Labute approximate surface area is 115 Å². The molecule has 0 N–H and O–H groups in total. The topological polar surface area (TPSA) is 20.3 Å². The normalized spacial score (nSPS) is 22.4. The summed E-state index contributed by atoms with van der Waals surface area (Å²) >= 11 is 9.30. The van der Waals surface area contributed by atoms with Crippen LogP contribution in [0, 0.1) is 11.8 Å². The number of nitrogens with zero attached hydrogens (tertiary/aromatic N) is 1. The standard InChI is InChI=1S/C13H15BrClNO/c1-8-5-10(8)7-16(2)13(17)9-3-4-11(14)12(15)6-9/h3-4,6,8,10H,5,7H2,1-2H3. The van der Waals surface area contributed by atoms with Gasteiger partial charge in [0, 0.05) is 23.6 Å². The van der Waals surface area contributed by atoms with Crippen molar-refractivity contribution in [3.63, 3.8) is 0 Å². The highest BCUT2D eigenvalue weighted by atomic mass is 79.9. The quantitative estimate of drug-likeness (QED) is 0.830.